The van der Waals surface area contributed by atoms with Crippen molar-refractivity contribution in [3.8, 4) is 17.2 Å². The first-order valence-corrected chi connectivity index (χ1v) is 12.4. The van der Waals surface area contributed by atoms with Gasteiger partial charge in [-0.25, -0.2) is 4.98 Å². The molecule has 2 aliphatic rings. The zero-order chi connectivity index (χ0) is 28.5. The van der Waals surface area contributed by atoms with Crippen molar-refractivity contribution in [2.45, 2.75) is 44.4 Å². The van der Waals surface area contributed by atoms with Crippen molar-refractivity contribution in [1.29, 1.82) is 0 Å². The molecular weight excluding hydrogens is 523 g/mol. The van der Waals surface area contributed by atoms with Crippen molar-refractivity contribution in [1.82, 2.24) is 9.88 Å². The summed E-state index contributed by atoms with van der Waals surface area (Å²) in [6.45, 7) is 4.15. The number of pyridine rings is 1. The van der Waals surface area contributed by atoms with Crippen molar-refractivity contribution in [2.75, 3.05) is 44.8 Å². The van der Waals surface area contributed by atoms with Crippen LogP contribution >= 0.6 is 0 Å². The predicted octanol–water partition coefficient (Wildman–Crippen LogP) is 1.92. The molecule has 1 aromatic carbocycles. The van der Waals surface area contributed by atoms with E-state index < -0.39 is 42.2 Å². The number of nitrogens with zero attached hydrogens (tertiary/aromatic N) is 3. The van der Waals surface area contributed by atoms with Crippen LogP contribution in [0.2, 0.25) is 0 Å². The van der Waals surface area contributed by atoms with Crippen LogP contribution in [-0.2, 0) is 4.79 Å². The quantitative estimate of drug-likeness (QED) is 0.426. The van der Waals surface area contributed by atoms with Gasteiger partial charge in [0.2, 0.25) is 0 Å². The average Bonchev–Trinajstić information content (AvgIpc) is 3.23. The van der Waals surface area contributed by atoms with Crippen LogP contribution in [0.25, 0.3) is 0 Å². The second kappa shape index (κ2) is 11.1. The first-order chi connectivity index (χ1) is 18.3. The SMILES string of the molecule is COc1ccc([C@@H]2CN(C(=O)[C@@H](O)CO)C[C@@]2(C)[C@@H](C)O)cc1OC1CN(c2ccc(OC(F)(F)F)cn2)C1. The number of anilines is 1. The van der Waals surface area contributed by atoms with Gasteiger partial charge in [-0.3, -0.25) is 4.79 Å². The van der Waals surface area contributed by atoms with Crippen LogP contribution < -0.4 is 19.1 Å². The Morgan fingerprint density at radius 3 is 2.46 bits per heavy atom. The molecule has 0 saturated carbocycles. The number of hydrogen-bond donors (Lipinski definition) is 3. The van der Waals surface area contributed by atoms with Gasteiger partial charge in [0.25, 0.3) is 5.91 Å². The maximum Gasteiger partial charge on any atom is 0.573 e. The van der Waals surface area contributed by atoms with Gasteiger partial charge in [-0.05, 0) is 36.8 Å². The molecule has 39 heavy (non-hydrogen) atoms. The summed E-state index contributed by atoms with van der Waals surface area (Å²) < 4.78 is 52.6. The number of hydrogen-bond acceptors (Lipinski definition) is 9. The summed E-state index contributed by atoms with van der Waals surface area (Å²) in [6.07, 6.45) is -6.32. The third-order valence-corrected chi connectivity index (χ3v) is 7.46. The molecule has 1 aromatic heterocycles. The van der Waals surface area contributed by atoms with Crippen LogP contribution in [0.15, 0.2) is 36.5 Å². The highest BCUT2D eigenvalue weighted by Gasteiger charge is 2.49. The first kappa shape index (κ1) is 28.7. The Morgan fingerprint density at radius 2 is 1.90 bits per heavy atom. The van der Waals surface area contributed by atoms with Crippen LogP contribution in [0, 0.1) is 5.41 Å². The van der Waals surface area contributed by atoms with E-state index in [1.807, 2.05) is 24.0 Å². The van der Waals surface area contributed by atoms with Gasteiger partial charge in [0.05, 0.1) is 39.1 Å². The summed E-state index contributed by atoms with van der Waals surface area (Å²) in [6, 6.07) is 8.04. The lowest BCUT2D eigenvalue weighted by Gasteiger charge is -2.40. The Labute approximate surface area is 223 Å². The molecule has 0 radical (unpaired) electrons. The topological polar surface area (TPSA) is 125 Å². The minimum absolute atomic E-state index is 0.199. The maximum atomic E-state index is 12.6. The third kappa shape index (κ3) is 6.15. The molecule has 2 aromatic rings. The molecule has 0 unspecified atom stereocenters. The molecule has 4 rings (SSSR count). The van der Waals surface area contributed by atoms with E-state index in [4.69, 9.17) is 9.47 Å². The number of alkyl halides is 3. The molecule has 10 nitrogen and oxygen atoms in total. The van der Waals surface area contributed by atoms with E-state index in [0.29, 0.717) is 30.4 Å². The highest BCUT2D eigenvalue weighted by atomic mass is 19.4. The van der Waals surface area contributed by atoms with Gasteiger partial charge in [0.1, 0.15) is 17.7 Å². The number of likely N-dealkylation sites (tertiary alicyclic amines) is 1. The number of aliphatic hydroxyl groups excluding tert-OH is 3. The zero-order valence-electron chi connectivity index (χ0n) is 21.8. The van der Waals surface area contributed by atoms with Crippen molar-refractivity contribution in [2.24, 2.45) is 5.41 Å². The van der Waals surface area contributed by atoms with Crippen LogP contribution in [0.4, 0.5) is 19.0 Å². The predicted molar refractivity (Wildman–Crippen MR) is 133 cm³/mol. The fourth-order valence-corrected chi connectivity index (χ4v) is 5.02. The number of aliphatic hydroxyl groups is 3. The molecule has 3 heterocycles. The fraction of sp³-hybridized carbons (Fsp3) is 0.538. The van der Waals surface area contributed by atoms with Crippen LogP contribution in [0.5, 0.6) is 17.2 Å². The number of halogens is 3. The zero-order valence-corrected chi connectivity index (χ0v) is 21.8. The van der Waals surface area contributed by atoms with Gasteiger partial charge < -0.3 is 39.3 Å². The van der Waals surface area contributed by atoms with Gasteiger partial charge in [-0.1, -0.05) is 13.0 Å². The minimum atomic E-state index is -4.79. The van der Waals surface area contributed by atoms with Crippen molar-refractivity contribution >= 4 is 11.7 Å². The number of methoxy groups -OCH3 is 1. The summed E-state index contributed by atoms with van der Waals surface area (Å²) in [5.41, 5.74) is 0.0820. The number of amides is 1. The highest BCUT2D eigenvalue weighted by Crippen LogP contribution is 2.47. The molecule has 4 atom stereocenters. The summed E-state index contributed by atoms with van der Waals surface area (Å²) in [5.74, 6) is 0.152. The van der Waals surface area contributed by atoms with Crippen molar-refractivity contribution in [3.05, 3.63) is 42.1 Å². The molecule has 1 amide bonds. The smallest absolute Gasteiger partial charge is 0.493 e. The van der Waals surface area contributed by atoms with Gasteiger partial charge in [-0.15, -0.1) is 13.2 Å². The van der Waals surface area contributed by atoms with E-state index in [2.05, 4.69) is 9.72 Å². The lowest BCUT2D eigenvalue weighted by molar-refractivity contribution is -0.274. The van der Waals surface area contributed by atoms with Crippen molar-refractivity contribution < 1.29 is 47.5 Å². The molecule has 0 spiro atoms. The second-order valence-electron chi connectivity index (χ2n) is 10.1. The second-order valence-corrected chi connectivity index (χ2v) is 10.1. The average molecular weight is 556 g/mol. The molecule has 13 heteroatoms. The van der Waals surface area contributed by atoms with Gasteiger partial charge in [0.15, 0.2) is 17.6 Å². The molecule has 2 fully saturated rings. The van der Waals surface area contributed by atoms with Crippen LogP contribution in [-0.4, -0.2) is 95.7 Å². The molecule has 214 valence electrons. The van der Waals surface area contributed by atoms with Gasteiger partial charge in [-0.2, -0.15) is 0 Å². The monoisotopic (exact) mass is 555 g/mol. The first-order valence-electron chi connectivity index (χ1n) is 12.4. The molecule has 2 aliphatic heterocycles. The molecule has 0 aliphatic carbocycles. The Balaban J connectivity index is 1.46. The standard InChI is InChI=1S/C26H32F3N3O7/c1-15(34)25(2)14-32(24(36)20(35)13-33)12-19(25)16-4-6-21(37-3)22(8-16)38-18-10-31(11-18)23-7-5-17(9-30-23)39-26(27,28)29/h4-9,15,18-20,33-35H,10-14H2,1-3H3/t15-,19+,20+,25+/m1/s1. The van der Waals surface area contributed by atoms with Crippen LogP contribution in [0.1, 0.15) is 25.3 Å². The normalized spacial score (nSPS) is 23.3. The van der Waals surface area contributed by atoms with E-state index in [-0.39, 0.29) is 25.1 Å². The summed E-state index contributed by atoms with van der Waals surface area (Å²) in [7, 11) is 1.51. The van der Waals surface area contributed by atoms with Crippen molar-refractivity contribution in [3.63, 3.8) is 0 Å². The Bertz CT molecular complexity index is 1160. The lowest BCUT2D eigenvalue weighted by atomic mass is 9.72. The maximum absolute atomic E-state index is 12.6. The Morgan fingerprint density at radius 1 is 1.18 bits per heavy atom. The number of benzene rings is 1. The number of carbonyl (C=O) groups excluding carboxylic acids is 1. The fourth-order valence-electron chi connectivity index (χ4n) is 5.02. The van der Waals surface area contributed by atoms with E-state index in [1.165, 1.54) is 24.1 Å². The van der Waals surface area contributed by atoms with E-state index in [9.17, 15) is 33.3 Å². The molecular formula is C26H32F3N3O7. The number of rotatable bonds is 9. The molecule has 0 bridgehead atoms. The van der Waals surface area contributed by atoms with E-state index >= 15 is 0 Å². The Kier molecular flexibility index (Phi) is 8.14. The number of aromatic nitrogens is 1. The number of ether oxygens (including phenoxy) is 3. The summed E-state index contributed by atoms with van der Waals surface area (Å²) in [4.78, 5) is 19.9. The molecule has 2 saturated heterocycles. The lowest BCUT2D eigenvalue weighted by Crippen LogP contribution is -2.54. The Hall–Kier alpha value is -3.29. The largest absolute Gasteiger partial charge is 0.573 e. The molecule has 3 N–H and O–H groups in total. The number of carbonyl (C=O) groups is 1. The summed E-state index contributed by atoms with van der Waals surface area (Å²) in [5, 5.41) is 29.7. The highest BCUT2D eigenvalue weighted by molar-refractivity contribution is 5.81. The summed E-state index contributed by atoms with van der Waals surface area (Å²) >= 11 is 0. The third-order valence-electron chi connectivity index (χ3n) is 7.46. The van der Waals surface area contributed by atoms with E-state index in [0.717, 1.165) is 11.8 Å². The van der Waals surface area contributed by atoms with Gasteiger partial charge >= 0.3 is 6.36 Å². The van der Waals surface area contributed by atoms with Crippen LogP contribution in [0.3, 0.4) is 0 Å². The van der Waals surface area contributed by atoms with E-state index in [1.54, 1.807) is 13.0 Å². The minimum Gasteiger partial charge on any atom is -0.493 e. The van der Waals surface area contributed by atoms with Gasteiger partial charge in [0, 0.05) is 24.4 Å².